The Hall–Kier alpha value is -2.42. The Bertz CT molecular complexity index is 1160. The minimum atomic E-state index is -0.533. The Morgan fingerprint density at radius 3 is 2.40 bits per heavy atom. The maximum Gasteiger partial charge on any atom is 0.225 e. The van der Waals surface area contributed by atoms with E-state index in [1.807, 2.05) is 24.3 Å². The molecule has 8 heteroatoms. The monoisotopic (exact) mass is 438 g/mol. The summed E-state index contributed by atoms with van der Waals surface area (Å²) in [6.45, 7) is 2.08. The topological polar surface area (TPSA) is 71.2 Å². The lowest BCUT2D eigenvalue weighted by atomic mass is 10.2. The fraction of sp³-hybridized carbons (Fsp3) is 0.318. The lowest BCUT2D eigenvalue weighted by Gasteiger charge is -2.15. The number of aromatic nitrogens is 3. The second kappa shape index (κ2) is 8.02. The zero-order valence-corrected chi connectivity index (χ0v) is 18.2. The van der Waals surface area contributed by atoms with Crippen LogP contribution in [-0.4, -0.2) is 43.7 Å². The van der Waals surface area contributed by atoms with Crippen molar-refractivity contribution in [2.24, 2.45) is 0 Å². The highest BCUT2D eigenvalue weighted by molar-refractivity contribution is 8.01. The third-order valence-electron chi connectivity index (χ3n) is 5.33. The van der Waals surface area contributed by atoms with Crippen LogP contribution in [0.2, 0.25) is 0 Å². The van der Waals surface area contributed by atoms with Crippen LogP contribution in [0.4, 0.5) is 5.13 Å². The van der Waals surface area contributed by atoms with Gasteiger partial charge in [-0.15, -0.1) is 10.2 Å². The minimum absolute atomic E-state index is 0.0107. The van der Waals surface area contributed by atoms with Gasteiger partial charge in [-0.25, -0.2) is 0 Å². The maximum absolute atomic E-state index is 11.9. The molecule has 5 rings (SSSR count). The molecule has 6 nitrogen and oxygen atoms in total. The third-order valence-corrected chi connectivity index (χ3v) is 7.53. The van der Waals surface area contributed by atoms with Gasteiger partial charge in [0.25, 0.3) is 0 Å². The highest BCUT2D eigenvalue weighted by Gasteiger charge is 2.34. The SMILES string of the molecule is CC(=O)N(c1nnc(SC[C@@H](O)Cn2c3ccccc3c3ccccc32)s1)C1CC1. The van der Waals surface area contributed by atoms with Gasteiger partial charge in [0.2, 0.25) is 11.0 Å². The molecule has 1 aliphatic rings. The lowest BCUT2D eigenvalue weighted by Crippen LogP contribution is -2.30. The number of nitrogens with zero attached hydrogens (tertiary/aromatic N) is 4. The summed E-state index contributed by atoms with van der Waals surface area (Å²) in [6, 6.07) is 16.9. The molecule has 1 aliphatic carbocycles. The van der Waals surface area contributed by atoms with E-state index < -0.39 is 6.10 Å². The molecule has 1 fully saturated rings. The first kappa shape index (κ1) is 19.5. The molecule has 0 bridgehead atoms. The van der Waals surface area contributed by atoms with Crippen molar-refractivity contribution in [2.75, 3.05) is 10.7 Å². The molecule has 30 heavy (non-hydrogen) atoms. The van der Waals surface area contributed by atoms with Crippen molar-refractivity contribution < 1.29 is 9.90 Å². The summed E-state index contributed by atoms with van der Waals surface area (Å²) >= 11 is 2.91. The molecule has 1 amide bonds. The smallest absolute Gasteiger partial charge is 0.225 e. The summed E-state index contributed by atoms with van der Waals surface area (Å²) in [5, 5.41) is 22.2. The number of aliphatic hydroxyl groups excluding tert-OH is 1. The van der Waals surface area contributed by atoms with Gasteiger partial charge in [0.15, 0.2) is 4.34 Å². The molecule has 0 aliphatic heterocycles. The van der Waals surface area contributed by atoms with E-state index >= 15 is 0 Å². The first-order valence-electron chi connectivity index (χ1n) is 10.0. The molecule has 2 heterocycles. The molecule has 0 radical (unpaired) electrons. The molecule has 0 spiro atoms. The first-order valence-corrected chi connectivity index (χ1v) is 11.8. The van der Waals surface area contributed by atoms with Crippen molar-refractivity contribution >= 4 is 55.9 Å². The highest BCUT2D eigenvalue weighted by atomic mass is 32.2. The standard InChI is InChI=1S/C22H22N4O2S2/c1-14(27)26(15-10-11-15)21-23-24-22(30-21)29-13-16(28)12-25-19-8-4-2-6-17(19)18-7-3-5-9-20(18)25/h2-9,15-16,28H,10-13H2,1H3/t16-/m0/s1. The molecule has 1 N–H and O–H groups in total. The number of anilines is 1. The van der Waals surface area contributed by atoms with E-state index in [-0.39, 0.29) is 11.9 Å². The number of hydrogen-bond donors (Lipinski definition) is 1. The number of hydrogen-bond acceptors (Lipinski definition) is 6. The number of amides is 1. The van der Waals surface area contributed by atoms with Crippen molar-refractivity contribution in [1.29, 1.82) is 0 Å². The van der Waals surface area contributed by atoms with Gasteiger partial charge < -0.3 is 9.67 Å². The second-order valence-electron chi connectivity index (χ2n) is 7.58. The summed E-state index contributed by atoms with van der Waals surface area (Å²) < 4.78 is 2.96. The number of carbonyl (C=O) groups excluding carboxylic acids is 1. The normalized spacial score (nSPS) is 15.0. The van der Waals surface area contributed by atoms with Crippen LogP contribution in [0.15, 0.2) is 52.9 Å². The summed E-state index contributed by atoms with van der Waals surface area (Å²) in [7, 11) is 0. The minimum Gasteiger partial charge on any atom is -0.390 e. The molecule has 1 atom stereocenters. The van der Waals surface area contributed by atoms with E-state index in [1.54, 1.807) is 11.8 Å². The fourth-order valence-electron chi connectivity index (χ4n) is 3.87. The van der Waals surface area contributed by atoms with Gasteiger partial charge in [-0.3, -0.25) is 9.69 Å². The number of aliphatic hydroxyl groups is 1. The van der Waals surface area contributed by atoms with Gasteiger partial charge >= 0.3 is 0 Å². The summed E-state index contributed by atoms with van der Waals surface area (Å²) in [4.78, 5) is 13.7. The van der Waals surface area contributed by atoms with Crippen LogP contribution in [0.3, 0.4) is 0 Å². The van der Waals surface area contributed by atoms with Crippen LogP contribution in [-0.2, 0) is 11.3 Å². The predicted octanol–water partition coefficient (Wildman–Crippen LogP) is 4.31. The van der Waals surface area contributed by atoms with Gasteiger partial charge in [-0.2, -0.15) is 0 Å². The quantitative estimate of drug-likeness (QED) is 0.344. The Kier molecular flexibility index (Phi) is 5.22. The van der Waals surface area contributed by atoms with Gasteiger partial charge in [0.05, 0.1) is 12.6 Å². The molecular formula is C22H22N4O2S2. The van der Waals surface area contributed by atoms with Crippen LogP contribution >= 0.6 is 23.1 Å². The number of thioether (sulfide) groups is 1. The van der Waals surface area contributed by atoms with Gasteiger partial charge in [0.1, 0.15) is 0 Å². The zero-order valence-electron chi connectivity index (χ0n) is 16.6. The zero-order chi connectivity index (χ0) is 20.7. The number of benzene rings is 2. The van der Waals surface area contributed by atoms with Crippen LogP contribution in [0, 0.1) is 0 Å². The molecule has 2 aromatic heterocycles. The van der Waals surface area contributed by atoms with Gasteiger partial charge in [-0.1, -0.05) is 59.5 Å². The molecular weight excluding hydrogens is 416 g/mol. The van der Waals surface area contributed by atoms with Crippen molar-refractivity contribution in [3.05, 3.63) is 48.5 Å². The van der Waals surface area contributed by atoms with Crippen LogP contribution < -0.4 is 4.90 Å². The van der Waals surface area contributed by atoms with Gasteiger partial charge in [0, 0.05) is 40.5 Å². The maximum atomic E-state index is 11.9. The molecule has 0 unspecified atom stereocenters. The molecule has 4 aromatic rings. The summed E-state index contributed by atoms with van der Waals surface area (Å²) in [5.74, 6) is 0.524. The molecule has 0 saturated heterocycles. The fourth-order valence-corrected chi connectivity index (χ4v) is 5.77. The Morgan fingerprint density at radius 1 is 1.17 bits per heavy atom. The highest BCUT2D eigenvalue weighted by Crippen LogP contribution is 2.36. The van der Waals surface area contributed by atoms with Crippen LogP contribution in [0.5, 0.6) is 0 Å². The van der Waals surface area contributed by atoms with Crippen molar-refractivity contribution in [3.8, 4) is 0 Å². The largest absolute Gasteiger partial charge is 0.390 e. The van der Waals surface area contributed by atoms with Crippen molar-refractivity contribution in [1.82, 2.24) is 14.8 Å². The molecule has 2 aromatic carbocycles. The average molecular weight is 439 g/mol. The van der Waals surface area contributed by atoms with E-state index in [0.29, 0.717) is 17.4 Å². The van der Waals surface area contributed by atoms with Gasteiger partial charge in [-0.05, 0) is 25.0 Å². The Morgan fingerprint density at radius 2 is 1.80 bits per heavy atom. The summed E-state index contributed by atoms with van der Waals surface area (Å²) in [5.41, 5.74) is 2.25. The number of para-hydroxylation sites is 2. The van der Waals surface area contributed by atoms with E-state index in [2.05, 4.69) is 39.0 Å². The number of carbonyl (C=O) groups is 1. The van der Waals surface area contributed by atoms with E-state index in [1.165, 1.54) is 33.9 Å². The number of fused-ring (bicyclic) bond motifs is 3. The van der Waals surface area contributed by atoms with Crippen molar-refractivity contribution in [2.45, 2.75) is 42.8 Å². The third kappa shape index (κ3) is 3.71. The van der Waals surface area contributed by atoms with E-state index in [0.717, 1.165) is 28.2 Å². The van der Waals surface area contributed by atoms with E-state index in [9.17, 15) is 9.90 Å². The first-order chi connectivity index (χ1) is 14.6. The predicted molar refractivity (Wildman–Crippen MR) is 122 cm³/mol. The Labute approximate surface area is 182 Å². The van der Waals surface area contributed by atoms with Crippen LogP contribution in [0.25, 0.3) is 21.8 Å². The lowest BCUT2D eigenvalue weighted by molar-refractivity contribution is -0.116. The van der Waals surface area contributed by atoms with E-state index in [4.69, 9.17) is 0 Å². The average Bonchev–Trinajstić information content (AvgIpc) is 3.38. The van der Waals surface area contributed by atoms with Crippen LogP contribution in [0.1, 0.15) is 19.8 Å². The second-order valence-corrected chi connectivity index (χ2v) is 9.80. The summed E-state index contributed by atoms with van der Waals surface area (Å²) in [6.07, 6.45) is 1.52. The number of rotatable bonds is 7. The Balaban J connectivity index is 1.30. The molecule has 1 saturated carbocycles. The van der Waals surface area contributed by atoms with Crippen molar-refractivity contribution in [3.63, 3.8) is 0 Å². The molecule has 154 valence electrons.